The van der Waals surface area contributed by atoms with E-state index in [4.69, 9.17) is 4.74 Å². The summed E-state index contributed by atoms with van der Waals surface area (Å²) in [5, 5.41) is 0. The van der Waals surface area contributed by atoms with Gasteiger partial charge in [0.1, 0.15) is 12.4 Å². The van der Waals surface area contributed by atoms with E-state index in [9.17, 15) is 4.79 Å². The molecule has 5 nitrogen and oxygen atoms in total. The van der Waals surface area contributed by atoms with Crippen molar-refractivity contribution in [3.63, 3.8) is 0 Å². The van der Waals surface area contributed by atoms with Crippen LogP contribution in [0.1, 0.15) is 19.4 Å². The van der Waals surface area contributed by atoms with Crippen LogP contribution in [0.4, 0.5) is 0 Å². The minimum absolute atomic E-state index is 0.0761. The second-order valence-electron chi connectivity index (χ2n) is 6.57. The number of carbonyl (C=O) groups is 1. The molecule has 0 aliphatic carbocycles. The molecular formula is C17H25N3O2. The van der Waals surface area contributed by atoms with Crippen molar-refractivity contribution in [2.24, 2.45) is 11.8 Å². The molecule has 0 bridgehead atoms. The number of fused-ring (bicyclic) bond motifs is 1. The summed E-state index contributed by atoms with van der Waals surface area (Å²) in [6.45, 7) is 5.55. The lowest BCUT2D eigenvalue weighted by Gasteiger charge is -2.31. The van der Waals surface area contributed by atoms with Gasteiger partial charge in [0.25, 0.3) is 0 Å². The van der Waals surface area contributed by atoms with Crippen molar-refractivity contribution >= 4 is 5.91 Å². The molecule has 3 unspecified atom stereocenters. The molecule has 0 radical (unpaired) electrons. The third-order valence-electron chi connectivity index (χ3n) is 4.91. The van der Waals surface area contributed by atoms with Crippen molar-refractivity contribution in [1.29, 1.82) is 0 Å². The Kier molecular flexibility index (Phi) is 4.36. The Hall–Kier alpha value is -1.59. The van der Waals surface area contributed by atoms with Crippen molar-refractivity contribution in [3.8, 4) is 5.75 Å². The zero-order valence-electron chi connectivity index (χ0n) is 13.5. The van der Waals surface area contributed by atoms with Gasteiger partial charge in [0.15, 0.2) is 0 Å². The Morgan fingerprint density at radius 1 is 1.27 bits per heavy atom. The molecule has 2 heterocycles. The van der Waals surface area contributed by atoms with Gasteiger partial charge in [0.2, 0.25) is 5.91 Å². The zero-order chi connectivity index (χ0) is 15.7. The van der Waals surface area contributed by atoms with Gasteiger partial charge in [0.05, 0.1) is 5.92 Å². The lowest BCUT2D eigenvalue weighted by Crippen LogP contribution is -2.43. The Morgan fingerprint density at radius 2 is 1.95 bits per heavy atom. The highest BCUT2D eigenvalue weighted by Gasteiger charge is 2.34. The molecule has 22 heavy (non-hydrogen) atoms. The maximum Gasteiger partial charge on any atom is 0.229 e. The fourth-order valence-corrected chi connectivity index (χ4v) is 3.43. The third kappa shape index (κ3) is 2.96. The third-order valence-corrected chi connectivity index (χ3v) is 4.91. The number of rotatable bonds is 3. The van der Waals surface area contributed by atoms with Crippen molar-refractivity contribution < 1.29 is 9.53 Å². The fourth-order valence-electron chi connectivity index (χ4n) is 3.43. The number of amides is 1. The van der Waals surface area contributed by atoms with Crippen LogP contribution in [0.2, 0.25) is 0 Å². The fraction of sp³-hybridized carbons (Fsp3) is 0.588. The quantitative estimate of drug-likeness (QED) is 0.881. The smallest absolute Gasteiger partial charge is 0.229 e. The van der Waals surface area contributed by atoms with E-state index in [1.54, 1.807) is 0 Å². The molecule has 5 heteroatoms. The maximum absolute atomic E-state index is 12.7. The number of hydrogen-bond acceptors (Lipinski definition) is 4. The molecule has 1 saturated heterocycles. The van der Waals surface area contributed by atoms with E-state index in [0.29, 0.717) is 24.6 Å². The minimum atomic E-state index is -0.0761. The van der Waals surface area contributed by atoms with Crippen molar-refractivity contribution in [1.82, 2.24) is 15.8 Å². The summed E-state index contributed by atoms with van der Waals surface area (Å²) in [4.78, 5) is 14.6. The summed E-state index contributed by atoms with van der Waals surface area (Å²) < 4.78 is 5.75. The summed E-state index contributed by atoms with van der Waals surface area (Å²) in [6, 6.07) is 8.72. The molecule has 3 rings (SSSR count). The summed E-state index contributed by atoms with van der Waals surface area (Å²) >= 11 is 0. The van der Waals surface area contributed by atoms with Crippen LogP contribution in [0.25, 0.3) is 0 Å². The molecule has 1 aromatic rings. The predicted molar refractivity (Wildman–Crippen MR) is 85.5 cm³/mol. The first-order chi connectivity index (χ1) is 10.6. The lowest BCUT2D eigenvalue weighted by atomic mass is 9.93. The number of para-hydroxylation sites is 1. The summed E-state index contributed by atoms with van der Waals surface area (Å²) in [6.07, 6.45) is 0.769. The van der Waals surface area contributed by atoms with Gasteiger partial charge in [-0.2, -0.15) is 0 Å². The summed E-state index contributed by atoms with van der Waals surface area (Å²) in [5.74, 6) is 1.44. The van der Waals surface area contributed by atoms with Gasteiger partial charge in [-0.05, 0) is 31.9 Å². The van der Waals surface area contributed by atoms with Crippen LogP contribution in [0, 0.1) is 11.8 Å². The number of benzene rings is 1. The number of carbonyl (C=O) groups excluding carboxylic acids is 1. The molecular weight excluding hydrogens is 278 g/mol. The van der Waals surface area contributed by atoms with Crippen LogP contribution >= 0.6 is 0 Å². The summed E-state index contributed by atoms with van der Waals surface area (Å²) in [7, 11) is 1.90. The number of hydrogen-bond donors (Lipinski definition) is 2. The first-order valence-electron chi connectivity index (χ1n) is 8.03. The number of hydrazine groups is 1. The van der Waals surface area contributed by atoms with Crippen molar-refractivity contribution in [2.75, 3.05) is 20.2 Å². The molecule has 1 aromatic carbocycles. The highest BCUT2D eigenvalue weighted by molar-refractivity contribution is 5.79. The number of ether oxygens (including phenoxy) is 1. The van der Waals surface area contributed by atoms with E-state index >= 15 is 0 Å². The summed E-state index contributed by atoms with van der Waals surface area (Å²) in [5.41, 5.74) is 7.62. The van der Waals surface area contributed by atoms with Gasteiger partial charge >= 0.3 is 0 Å². The van der Waals surface area contributed by atoms with Gasteiger partial charge < -0.3 is 9.64 Å². The maximum atomic E-state index is 12.7. The molecule has 2 aliphatic rings. The SMILES string of the molecule is CC1NNC(C)C1CN(C)C(=O)C1COc2ccccc2C1. The van der Waals surface area contributed by atoms with E-state index in [0.717, 1.165) is 24.3 Å². The van der Waals surface area contributed by atoms with E-state index in [1.165, 1.54) is 0 Å². The van der Waals surface area contributed by atoms with Gasteiger partial charge in [-0.1, -0.05) is 18.2 Å². The molecule has 1 fully saturated rings. The van der Waals surface area contributed by atoms with E-state index in [1.807, 2.05) is 36.2 Å². The van der Waals surface area contributed by atoms with Crippen LogP contribution in [0.15, 0.2) is 24.3 Å². The largest absolute Gasteiger partial charge is 0.492 e. The van der Waals surface area contributed by atoms with Crippen molar-refractivity contribution in [3.05, 3.63) is 29.8 Å². The first-order valence-corrected chi connectivity index (χ1v) is 8.03. The monoisotopic (exact) mass is 303 g/mol. The van der Waals surface area contributed by atoms with Gasteiger partial charge in [-0.3, -0.25) is 15.6 Å². The highest BCUT2D eigenvalue weighted by atomic mass is 16.5. The number of nitrogens with one attached hydrogen (secondary N) is 2. The van der Waals surface area contributed by atoms with E-state index in [2.05, 4.69) is 24.7 Å². The Balaban J connectivity index is 1.62. The normalized spacial score (nSPS) is 30.5. The molecule has 0 saturated carbocycles. The van der Waals surface area contributed by atoms with Gasteiger partial charge in [-0.15, -0.1) is 0 Å². The first kappa shape index (κ1) is 15.3. The van der Waals surface area contributed by atoms with Gasteiger partial charge in [-0.25, -0.2) is 0 Å². The Morgan fingerprint density at radius 3 is 2.68 bits per heavy atom. The molecule has 0 aromatic heterocycles. The van der Waals surface area contributed by atoms with Crippen LogP contribution in [0.5, 0.6) is 5.75 Å². The van der Waals surface area contributed by atoms with Crippen LogP contribution in [-0.4, -0.2) is 43.1 Å². The molecule has 120 valence electrons. The second kappa shape index (κ2) is 6.26. The molecule has 2 aliphatic heterocycles. The average molecular weight is 303 g/mol. The average Bonchev–Trinajstić information content (AvgIpc) is 2.85. The minimum Gasteiger partial charge on any atom is -0.492 e. The lowest BCUT2D eigenvalue weighted by molar-refractivity contribution is -0.136. The van der Waals surface area contributed by atoms with Crippen LogP contribution in [-0.2, 0) is 11.2 Å². The standard InChI is InChI=1S/C17H25N3O2/c1-11-15(12(2)19-18-11)9-20(3)17(21)14-8-13-6-4-5-7-16(13)22-10-14/h4-7,11-12,14-15,18-19H,8-10H2,1-3H3. The highest BCUT2D eigenvalue weighted by Crippen LogP contribution is 2.28. The second-order valence-corrected chi connectivity index (χ2v) is 6.57. The Labute approximate surface area is 132 Å². The Bertz CT molecular complexity index is 538. The predicted octanol–water partition coefficient (Wildman–Crippen LogP) is 1.20. The van der Waals surface area contributed by atoms with Crippen LogP contribution in [0.3, 0.4) is 0 Å². The molecule has 2 N–H and O–H groups in total. The molecule has 1 amide bonds. The van der Waals surface area contributed by atoms with Crippen LogP contribution < -0.4 is 15.6 Å². The number of nitrogens with zero attached hydrogens (tertiary/aromatic N) is 1. The molecule has 3 atom stereocenters. The van der Waals surface area contributed by atoms with E-state index < -0.39 is 0 Å². The zero-order valence-corrected chi connectivity index (χ0v) is 13.5. The molecule has 0 spiro atoms. The van der Waals surface area contributed by atoms with E-state index in [-0.39, 0.29) is 11.8 Å². The van der Waals surface area contributed by atoms with Gasteiger partial charge in [0, 0.05) is 31.6 Å². The van der Waals surface area contributed by atoms with Crippen molar-refractivity contribution in [2.45, 2.75) is 32.4 Å². The topological polar surface area (TPSA) is 53.6 Å².